The third-order valence-corrected chi connectivity index (χ3v) is 1.48. The molecule has 1 aromatic carbocycles. The van der Waals surface area contributed by atoms with Crippen LogP contribution in [0.5, 0.6) is 0 Å². The minimum atomic E-state index is -0.459. The van der Waals surface area contributed by atoms with Gasteiger partial charge in [0.25, 0.3) is 5.69 Å². The Morgan fingerprint density at radius 1 is 1.46 bits per heavy atom. The molecule has 0 heterocycles. The summed E-state index contributed by atoms with van der Waals surface area (Å²) >= 11 is 0. The van der Waals surface area contributed by atoms with Gasteiger partial charge in [-0.05, 0) is 30.7 Å². The molecule has 0 radical (unpaired) electrons. The normalized spacial score (nSPS) is 11.3. The first-order valence-corrected chi connectivity index (χ1v) is 3.71. The van der Waals surface area contributed by atoms with Crippen molar-refractivity contribution >= 4 is 11.8 Å². The average molecular weight is 179 g/mol. The van der Waals surface area contributed by atoms with E-state index in [0.29, 0.717) is 0 Å². The van der Waals surface area contributed by atoms with E-state index in [1.807, 2.05) is 0 Å². The van der Waals surface area contributed by atoms with Gasteiger partial charge in [0.15, 0.2) is 0 Å². The molecule has 1 aromatic rings. The zero-order valence-electron chi connectivity index (χ0n) is 7.10. The van der Waals surface area contributed by atoms with Crippen LogP contribution in [0.25, 0.3) is 6.08 Å². The summed E-state index contributed by atoms with van der Waals surface area (Å²) in [5.74, 6) is 0.175. The molecule has 68 valence electrons. The van der Waals surface area contributed by atoms with Gasteiger partial charge in [0.2, 0.25) is 0 Å². The van der Waals surface area contributed by atoms with E-state index < -0.39 is 4.92 Å². The van der Waals surface area contributed by atoms with Crippen molar-refractivity contribution in [2.75, 3.05) is 0 Å². The van der Waals surface area contributed by atoms with E-state index in [0.717, 1.165) is 5.56 Å². The Kier molecular flexibility index (Phi) is 2.64. The molecular formula is C9H9NO3. The summed E-state index contributed by atoms with van der Waals surface area (Å²) in [5, 5.41) is 19.2. The smallest absolute Gasteiger partial charge is 0.269 e. The number of rotatable bonds is 2. The predicted octanol–water partition coefficient (Wildman–Crippen LogP) is 2.51. The highest BCUT2D eigenvalue weighted by Crippen LogP contribution is 2.13. The van der Waals surface area contributed by atoms with Crippen molar-refractivity contribution in [3.8, 4) is 0 Å². The lowest BCUT2D eigenvalue weighted by atomic mass is 10.2. The summed E-state index contributed by atoms with van der Waals surface area (Å²) in [6.07, 6.45) is 1.53. The van der Waals surface area contributed by atoms with Gasteiger partial charge in [0, 0.05) is 12.1 Å². The molecule has 0 unspecified atom stereocenters. The molecule has 0 aliphatic rings. The molecular weight excluding hydrogens is 170 g/mol. The van der Waals surface area contributed by atoms with Gasteiger partial charge in [0.05, 0.1) is 10.7 Å². The highest BCUT2D eigenvalue weighted by Gasteiger charge is 2.02. The van der Waals surface area contributed by atoms with Crippen LogP contribution in [0.1, 0.15) is 12.5 Å². The largest absolute Gasteiger partial charge is 0.513 e. The number of nitro benzene ring substituents is 1. The maximum Gasteiger partial charge on any atom is 0.269 e. The third kappa shape index (κ3) is 2.59. The molecule has 0 aliphatic carbocycles. The SMILES string of the molecule is C/C(O)=C\c1ccc([N+](=O)[O-])cc1. The summed E-state index contributed by atoms with van der Waals surface area (Å²) in [6, 6.07) is 5.96. The first-order valence-electron chi connectivity index (χ1n) is 3.71. The Hall–Kier alpha value is -1.84. The molecule has 13 heavy (non-hydrogen) atoms. The molecule has 4 nitrogen and oxygen atoms in total. The second-order valence-electron chi connectivity index (χ2n) is 2.63. The van der Waals surface area contributed by atoms with Gasteiger partial charge >= 0.3 is 0 Å². The van der Waals surface area contributed by atoms with Crippen LogP contribution in [0.3, 0.4) is 0 Å². The summed E-state index contributed by atoms with van der Waals surface area (Å²) in [4.78, 5) is 9.82. The number of nitrogens with zero attached hydrogens (tertiary/aromatic N) is 1. The topological polar surface area (TPSA) is 63.4 Å². The summed E-state index contributed by atoms with van der Waals surface area (Å²) in [6.45, 7) is 1.54. The highest BCUT2D eigenvalue weighted by molar-refractivity contribution is 5.52. The van der Waals surface area contributed by atoms with E-state index in [4.69, 9.17) is 5.11 Å². The third-order valence-electron chi connectivity index (χ3n) is 1.48. The standard InChI is InChI=1S/C9H9NO3/c1-7(11)6-8-2-4-9(5-3-8)10(12)13/h2-6,11H,1H3/b7-6+. The summed E-state index contributed by atoms with van der Waals surface area (Å²) < 4.78 is 0. The minimum Gasteiger partial charge on any atom is -0.513 e. The number of aliphatic hydroxyl groups is 1. The molecule has 1 rings (SSSR count). The number of hydrogen-bond donors (Lipinski definition) is 1. The first-order chi connectivity index (χ1) is 6.09. The van der Waals surface area contributed by atoms with E-state index in [1.165, 1.54) is 18.2 Å². The van der Waals surface area contributed by atoms with Gasteiger partial charge in [-0.25, -0.2) is 0 Å². The monoisotopic (exact) mass is 179 g/mol. The van der Waals surface area contributed by atoms with Crippen LogP contribution in [-0.2, 0) is 0 Å². The number of aliphatic hydroxyl groups excluding tert-OH is 1. The van der Waals surface area contributed by atoms with E-state index in [2.05, 4.69) is 0 Å². The fraction of sp³-hybridized carbons (Fsp3) is 0.111. The van der Waals surface area contributed by atoms with E-state index in [9.17, 15) is 10.1 Å². The Labute approximate surface area is 75.3 Å². The molecule has 0 aliphatic heterocycles. The number of benzene rings is 1. The van der Waals surface area contributed by atoms with Crippen LogP contribution in [-0.4, -0.2) is 10.0 Å². The Bertz CT molecular complexity index is 336. The number of nitro groups is 1. The fourth-order valence-electron chi connectivity index (χ4n) is 0.933. The van der Waals surface area contributed by atoms with Crippen molar-refractivity contribution in [3.63, 3.8) is 0 Å². The molecule has 0 spiro atoms. The molecule has 0 atom stereocenters. The van der Waals surface area contributed by atoms with E-state index in [1.54, 1.807) is 19.1 Å². The van der Waals surface area contributed by atoms with Crippen molar-refractivity contribution < 1.29 is 10.0 Å². The zero-order valence-corrected chi connectivity index (χ0v) is 7.10. The van der Waals surface area contributed by atoms with Crippen molar-refractivity contribution in [2.24, 2.45) is 0 Å². The molecule has 0 saturated carbocycles. The Morgan fingerprint density at radius 2 is 2.00 bits per heavy atom. The second-order valence-corrected chi connectivity index (χ2v) is 2.63. The van der Waals surface area contributed by atoms with Crippen molar-refractivity contribution in [1.29, 1.82) is 0 Å². The first kappa shape index (κ1) is 9.25. The van der Waals surface area contributed by atoms with E-state index in [-0.39, 0.29) is 11.4 Å². The van der Waals surface area contributed by atoms with Crippen LogP contribution in [0.15, 0.2) is 30.0 Å². The predicted molar refractivity (Wildman–Crippen MR) is 49.4 cm³/mol. The van der Waals surface area contributed by atoms with Gasteiger partial charge in [-0.3, -0.25) is 10.1 Å². The summed E-state index contributed by atoms with van der Waals surface area (Å²) in [7, 11) is 0. The lowest BCUT2D eigenvalue weighted by molar-refractivity contribution is -0.384. The van der Waals surface area contributed by atoms with Crippen LogP contribution in [0.4, 0.5) is 5.69 Å². The average Bonchev–Trinajstić information content (AvgIpc) is 2.04. The van der Waals surface area contributed by atoms with Crippen molar-refractivity contribution in [2.45, 2.75) is 6.92 Å². The fourth-order valence-corrected chi connectivity index (χ4v) is 0.933. The quantitative estimate of drug-likeness (QED) is 0.431. The van der Waals surface area contributed by atoms with Crippen LogP contribution in [0, 0.1) is 10.1 Å². The lowest BCUT2D eigenvalue weighted by Gasteiger charge is -1.93. The van der Waals surface area contributed by atoms with Gasteiger partial charge in [-0.15, -0.1) is 0 Å². The van der Waals surface area contributed by atoms with Gasteiger partial charge in [0.1, 0.15) is 0 Å². The van der Waals surface area contributed by atoms with Crippen LogP contribution >= 0.6 is 0 Å². The minimum absolute atomic E-state index is 0.0488. The van der Waals surface area contributed by atoms with Gasteiger partial charge in [-0.2, -0.15) is 0 Å². The van der Waals surface area contributed by atoms with Crippen molar-refractivity contribution in [1.82, 2.24) is 0 Å². The molecule has 0 amide bonds. The van der Waals surface area contributed by atoms with Crippen molar-refractivity contribution in [3.05, 3.63) is 45.7 Å². The zero-order chi connectivity index (χ0) is 9.84. The van der Waals surface area contributed by atoms with Crippen LogP contribution in [0.2, 0.25) is 0 Å². The van der Waals surface area contributed by atoms with Gasteiger partial charge in [-0.1, -0.05) is 0 Å². The Morgan fingerprint density at radius 3 is 2.38 bits per heavy atom. The summed E-state index contributed by atoms with van der Waals surface area (Å²) in [5.41, 5.74) is 0.790. The lowest BCUT2D eigenvalue weighted by Crippen LogP contribution is -1.86. The molecule has 4 heteroatoms. The molecule has 0 saturated heterocycles. The van der Waals surface area contributed by atoms with Crippen LogP contribution < -0.4 is 0 Å². The maximum atomic E-state index is 10.3. The second kappa shape index (κ2) is 3.71. The molecule has 0 fully saturated rings. The van der Waals surface area contributed by atoms with E-state index >= 15 is 0 Å². The molecule has 0 aromatic heterocycles. The Balaban J connectivity index is 2.94. The van der Waals surface area contributed by atoms with Gasteiger partial charge < -0.3 is 5.11 Å². The molecule has 0 bridgehead atoms. The number of hydrogen-bond acceptors (Lipinski definition) is 3. The maximum absolute atomic E-state index is 10.3. The highest BCUT2D eigenvalue weighted by atomic mass is 16.6. The molecule has 1 N–H and O–H groups in total. The number of non-ortho nitro benzene ring substituents is 1. The number of allylic oxidation sites excluding steroid dienone is 1.